The van der Waals surface area contributed by atoms with Gasteiger partial charge >= 0.3 is 6.18 Å². The van der Waals surface area contributed by atoms with Crippen LogP contribution in [0.15, 0.2) is 24.3 Å². The molecule has 1 aromatic carbocycles. The van der Waals surface area contributed by atoms with E-state index in [4.69, 9.17) is 0 Å². The maximum absolute atomic E-state index is 12.8. The van der Waals surface area contributed by atoms with Gasteiger partial charge in [0, 0.05) is 6.42 Å². The quantitative estimate of drug-likeness (QED) is 0.821. The van der Waals surface area contributed by atoms with Crippen LogP contribution < -0.4 is 5.32 Å². The largest absolute Gasteiger partial charge is 0.416 e. The summed E-state index contributed by atoms with van der Waals surface area (Å²) >= 11 is 0. The number of hydrogen-bond donors (Lipinski definition) is 1. The first-order valence-electron chi connectivity index (χ1n) is 5.42. The zero-order valence-corrected chi connectivity index (χ0v) is 9.05. The van der Waals surface area contributed by atoms with Crippen LogP contribution in [0.1, 0.15) is 30.0 Å². The fraction of sp³-hybridized carbons (Fsp3) is 0.417. The summed E-state index contributed by atoms with van der Waals surface area (Å²) in [5.41, 5.74) is -0.697. The molecule has 0 radical (unpaired) electrons. The molecule has 1 unspecified atom stereocenters. The van der Waals surface area contributed by atoms with Crippen LogP contribution in [0.3, 0.4) is 0 Å². The average molecular weight is 243 g/mol. The molecule has 2 nitrogen and oxygen atoms in total. The fourth-order valence-corrected chi connectivity index (χ4v) is 2.06. The second-order valence-electron chi connectivity index (χ2n) is 4.04. The zero-order chi connectivity index (χ0) is 12.5. The Hall–Kier alpha value is -1.36. The smallest absolute Gasteiger partial charge is 0.304 e. The number of nitrogens with one attached hydrogen (secondary N) is 1. The van der Waals surface area contributed by atoms with Crippen molar-refractivity contribution in [1.82, 2.24) is 5.32 Å². The van der Waals surface area contributed by atoms with Crippen LogP contribution in [-0.2, 0) is 11.0 Å². The molecule has 1 aliphatic heterocycles. The average Bonchev–Trinajstić information content (AvgIpc) is 2.28. The van der Waals surface area contributed by atoms with Gasteiger partial charge in [0.2, 0.25) is 0 Å². The van der Waals surface area contributed by atoms with Gasteiger partial charge in [-0.3, -0.25) is 4.79 Å². The normalized spacial score (nSPS) is 21.6. The molecular formula is C12H12F3NO. The number of alkyl halides is 3. The molecule has 0 saturated carbocycles. The fourth-order valence-electron chi connectivity index (χ4n) is 2.06. The Morgan fingerprint density at radius 1 is 1.24 bits per heavy atom. The van der Waals surface area contributed by atoms with Crippen molar-refractivity contribution in [1.29, 1.82) is 0 Å². The molecular weight excluding hydrogens is 231 g/mol. The lowest BCUT2D eigenvalue weighted by Gasteiger charge is -2.25. The third-order valence-electron chi connectivity index (χ3n) is 2.85. The molecule has 1 atom stereocenters. The lowest BCUT2D eigenvalue weighted by Crippen LogP contribution is -2.35. The van der Waals surface area contributed by atoms with Crippen molar-refractivity contribution in [2.75, 3.05) is 6.54 Å². The summed E-state index contributed by atoms with van der Waals surface area (Å²) in [4.78, 5) is 11.6. The summed E-state index contributed by atoms with van der Waals surface area (Å²) in [6.07, 6.45) is -3.40. The number of carbonyl (C=O) groups excluding carboxylic acids is 1. The molecule has 0 aliphatic carbocycles. The van der Waals surface area contributed by atoms with Crippen LogP contribution in [0.5, 0.6) is 0 Å². The lowest BCUT2D eigenvalue weighted by molar-refractivity contribution is -0.138. The van der Waals surface area contributed by atoms with E-state index in [0.717, 1.165) is 6.07 Å². The maximum Gasteiger partial charge on any atom is 0.416 e. The van der Waals surface area contributed by atoms with Gasteiger partial charge in [-0.2, -0.15) is 13.2 Å². The molecule has 2 rings (SSSR count). The van der Waals surface area contributed by atoms with E-state index in [2.05, 4.69) is 5.32 Å². The van der Waals surface area contributed by atoms with Gasteiger partial charge in [0.1, 0.15) is 0 Å². The molecule has 1 aliphatic rings. The Balaban J connectivity index is 2.41. The highest BCUT2D eigenvalue weighted by Gasteiger charge is 2.36. The van der Waals surface area contributed by atoms with Crippen molar-refractivity contribution in [3.63, 3.8) is 0 Å². The Morgan fingerprint density at radius 3 is 2.59 bits per heavy atom. The summed E-state index contributed by atoms with van der Waals surface area (Å²) < 4.78 is 38.4. The van der Waals surface area contributed by atoms with Crippen LogP contribution in [0.25, 0.3) is 0 Å². The maximum atomic E-state index is 12.8. The summed E-state index contributed by atoms with van der Waals surface area (Å²) in [6.45, 7) is 0.572. The number of Topliss-reactive ketones (excluding diaryl/α,β-unsaturated/α-hetero) is 1. The van der Waals surface area contributed by atoms with Gasteiger partial charge in [0.05, 0.1) is 11.6 Å². The zero-order valence-electron chi connectivity index (χ0n) is 9.05. The molecule has 92 valence electrons. The predicted molar refractivity (Wildman–Crippen MR) is 56.4 cm³/mol. The number of halogens is 3. The van der Waals surface area contributed by atoms with Crippen LogP contribution in [-0.4, -0.2) is 12.3 Å². The van der Waals surface area contributed by atoms with E-state index in [1.807, 2.05) is 0 Å². The number of carbonyl (C=O) groups is 1. The van der Waals surface area contributed by atoms with Gasteiger partial charge in [-0.25, -0.2) is 0 Å². The number of rotatable bonds is 1. The van der Waals surface area contributed by atoms with Gasteiger partial charge in [-0.05, 0) is 24.6 Å². The molecule has 1 fully saturated rings. The highest BCUT2D eigenvalue weighted by atomic mass is 19.4. The molecule has 5 heteroatoms. The molecule has 0 aromatic heterocycles. The molecule has 0 amide bonds. The third kappa shape index (κ3) is 2.49. The number of ketones is 1. The second kappa shape index (κ2) is 4.49. The SMILES string of the molecule is O=C1CCCNC1c1ccccc1C(F)(F)F. The third-order valence-corrected chi connectivity index (χ3v) is 2.85. The van der Waals surface area contributed by atoms with Crippen molar-refractivity contribution in [3.05, 3.63) is 35.4 Å². The predicted octanol–water partition coefficient (Wildman–Crippen LogP) is 2.70. The molecule has 1 heterocycles. The Bertz CT molecular complexity index is 428. The summed E-state index contributed by atoms with van der Waals surface area (Å²) in [7, 11) is 0. The van der Waals surface area contributed by atoms with Crippen molar-refractivity contribution < 1.29 is 18.0 Å². The van der Waals surface area contributed by atoms with E-state index in [9.17, 15) is 18.0 Å². The highest BCUT2D eigenvalue weighted by molar-refractivity contribution is 5.86. The molecule has 1 N–H and O–H groups in total. The highest BCUT2D eigenvalue weighted by Crippen LogP contribution is 2.35. The summed E-state index contributed by atoms with van der Waals surface area (Å²) in [5.74, 6) is -0.173. The van der Waals surface area contributed by atoms with Gasteiger partial charge < -0.3 is 5.32 Å². The van der Waals surface area contributed by atoms with E-state index < -0.39 is 17.8 Å². The van der Waals surface area contributed by atoms with E-state index >= 15 is 0 Å². The van der Waals surface area contributed by atoms with E-state index in [-0.39, 0.29) is 11.3 Å². The van der Waals surface area contributed by atoms with Crippen LogP contribution in [0.4, 0.5) is 13.2 Å². The Labute approximate surface area is 96.8 Å². The number of benzene rings is 1. The second-order valence-corrected chi connectivity index (χ2v) is 4.04. The minimum absolute atomic E-state index is 0.0321. The summed E-state index contributed by atoms with van der Waals surface area (Å²) in [6, 6.07) is 4.41. The minimum atomic E-state index is -4.42. The van der Waals surface area contributed by atoms with Crippen LogP contribution in [0.2, 0.25) is 0 Å². The minimum Gasteiger partial charge on any atom is -0.304 e. The van der Waals surface area contributed by atoms with E-state index in [0.29, 0.717) is 19.4 Å². The molecule has 0 bridgehead atoms. The van der Waals surface area contributed by atoms with Crippen molar-refractivity contribution >= 4 is 5.78 Å². The van der Waals surface area contributed by atoms with E-state index in [1.165, 1.54) is 18.2 Å². The molecule has 1 saturated heterocycles. The standard InChI is InChI=1S/C12H12F3NO/c13-12(14,15)9-5-2-1-4-8(9)11-10(17)6-3-7-16-11/h1-2,4-5,11,16H,3,6-7H2. The van der Waals surface area contributed by atoms with Gasteiger partial charge in [0.15, 0.2) is 5.78 Å². The van der Waals surface area contributed by atoms with Crippen LogP contribution in [0, 0.1) is 0 Å². The Kier molecular flexibility index (Phi) is 3.19. The van der Waals surface area contributed by atoms with Gasteiger partial charge in [-0.1, -0.05) is 18.2 Å². The number of piperidine rings is 1. The van der Waals surface area contributed by atoms with Crippen molar-refractivity contribution in [3.8, 4) is 0 Å². The lowest BCUT2D eigenvalue weighted by atomic mass is 9.92. The molecule has 1 aromatic rings. The summed E-state index contributed by atoms with van der Waals surface area (Å²) in [5, 5.41) is 2.85. The molecule has 0 spiro atoms. The monoisotopic (exact) mass is 243 g/mol. The van der Waals surface area contributed by atoms with Crippen molar-refractivity contribution in [2.24, 2.45) is 0 Å². The van der Waals surface area contributed by atoms with Crippen molar-refractivity contribution in [2.45, 2.75) is 25.1 Å². The first-order valence-corrected chi connectivity index (χ1v) is 5.42. The van der Waals surface area contributed by atoms with Gasteiger partial charge in [0.25, 0.3) is 0 Å². The first kappa shape index (κ1) is 12.1. The van der Waals surface area contributed by atoms with Gasteiger partial charge in [-0.15, -0.1) is 0 Å². The molecule has 17 heavy (non-hydrogen) atoms. The number of hydrogen-bond acceptors (Lipinski definition) is 2. The first-order chi connectivity index (χ1) is 8.00. The van der Waals surface area contributed by atoms with E-state index in [1.54, 1.807) is 0 Å². The Morgan fingerprint density at radius 2 is 1.94 bits per heavy atom. The topological polar surface area (TPSA) is 29.1 Å². The van der Waals surface area contributed by atoms with Crippen LogP contribution >= 0.6 is 0 Å².